The van der Waals surface area contributed by atoms with E-state index in [9.17, 15) is 9.90 Å². The topological polar surface area (TPSA) is 49.8 Å². The molecule has 80 valence electrons. The van der Waals surface area contributed by atoms with Gasteiger partial charge in [-0.05, 0) is 25.2 Å². The van der Waals surface area contributed by atoms with Crippen molar-refractivity contribution in [3.8, 4) is 0 Å². The maximum Gasteiger partial charge on any atom is 0.409 e. The zero-order valence-corrected chi connectivity index (χ0v) is 8.48. The van der Waals surface area contributed by atoms with Crippen molar-refractivity contribution >= 4 is 6.09 Å². The van der Waals surface area contributed by atoms with Gasteiger partial charge in [0.15, 0.2) is 0 Å². The number of aliphatic hydroxyl groups is 1. The lowest BCUT2D eigenvalue weighted by Crippen LogP contribution is -2.59. The molecule has 1 heterocycles. The van der Waals surface area contributed by atoms with Crippen LogP contribution in [0.5, 0.6) is 0 Å². The van der Waals surface area contributed by atoms with Crippen molar-refractivity contribution in [2.24, 2.45) is 5.92 Å². The summed E-state index contributed by atoms with van der Waals surface area (Å²) in [6, 6.07) is 0.00718. The fraction of sp³-hybridized carbons (Fsp3) is 0.900. The van der Waals surface area contributed by atoms with Crippen molar-refractivity contribution in [2.45, 2.75) is 37.8 Å². The van der Waals surface area contributed by atoms with E-state index < -0.39 is 0 Å². The van der Waals surface area contributed by atoms with Crippen LogP contribution >= 0.6 is 0 Å². The molecule has 4 heteroatoms. The third-order valence-electron chi connectivity index (χ3n) is 3.50. The van der Waals surface area contributed by atoms with Crippen LogP contribution in [-0.4, -0.2) is 41.9 Å². The van der Waals surface area contributed by atoms with Gasteiger partial charge in [-0.25, -0.2) is 4.79 Å². The number of likely N-dealkylation sites (tertiary alicyclic amines) is 1. The second-order valence-electron chi connectivity index (χ2n) is 4.20. The average molecular weight is 199 g/mol. The van der Waals surface area contributed by atoms with Crippen molar-refractivity contribution in [2.75, 3.05) is 13.7 Å². The summed E-state index contributed by atoms with van der Waals surface area (Å²) < 4.78 is 4.64. The minimum Gasteiger partial charge on any atom is -0.453 e. The fourth-order valence-electron chi connectivity index (χ4n) is 2.20. The highest BCUT2D eigenvalue weighted by atomic mass is 16.5. The molecule has 0 aromatic heterocycles. The molecular formula is C10H17NO3. The smallest absolute Gasteiger partial charge is 0.409 e. The summed E-state index contributed by atoms with van der Waals surface area (Å²) in [5, 5.41) is 9.95. The van der Waals surface area contributed by atoms with Crippen molar-refractivity contribution < 1.29 is 14.6 Å². The number of nitrogens with zero attached hydrogens (tertiary/aromatic N) is 1. The van der Waals surface area contributed by atoms with E-state index in [0.717, 1.165) is 25.8 Å². The lowest BCUT2D eigenvalue weighted by molar-refractivity contribution is -0.0519. The Hall–Kier alpha value is -0.770. The van der Waals surface area contributed by atoms with Crippen LogP contribution in [-0.2, 0) is 4.74 Å². The molecule has 1 amide bonds. The largest absolute Gasteiger partial charge is 0.453 e. The number of ether oxygens (including phenoxy) is 1. The van der Waals surface area contributed by atoms with Crippen molar-refractivity contribution in [1.29, 1.82) is 0 Å². The molecule has 1 aliphatic heterocycles. The standard InChI is InChI=1S/C10H17NO3/c1-14-10(13)11-6-5-8(11)9(12)7-3-2-4-7/h7-9,12H,2-6H2,1H3. The lowest BCUT2D eigenvalue weighted by atomic mass is 9.76. The van der Waals surface area contributed by atoms with E-state index >= 15 is 0 Å². The lowest BCUT2D eigenvalue weighted by Gasteiger charge is -2.46. The molecular weight excluding hydrogens is 182 g/mol. The molecule has 1 N–H and O–H groups in total. The van der Waals surface area contributed by atoms with Gasteiger partial charge in [-0.3, -0.25) is 0 Å². The average Bonchev–Trinajstić information content (AvgIpc) is 1.98. The summed E-state index contributed by atoms with van der Waals surface area (Å²) in [4.78, 5) is 12.9. The Kier molecular flexibility index (Phi) is 2.63. The Labute approximate surface area is 83.8 Å². The molecule has 0 bridgehead atoms. The summed E-state index contributed by atoms with van der Waals surface area (Å²) >= 11 is 0. The quantitative estimate of drug-likeness (QED) is 0.721. The third kappa shape index (κ3) is 1.47. The molecule has 0 radical (unpaired) electrons. The fourth-order valence-corrected chi connectivity index (χ4v) is 2.20. The van der Waals surface area contributed by atoms with Crippen LogP contribution < -0.4 is 0 Å². The van der Waals surface area contributed by atoms with E-state index in [1.54, 1.807) is 4.90 Å². The summed E-state index contributed by atoms with van der Waals surface area (Å²) in [5.74, 6) is 0.410. The first-order valence-corrected chi connectivity index (χ1v) is 5.26. The van der Waals surface area contributed by atoms with Crippen LogP contribution in [0, 0.1) is 5.92 Å². The van der Waals surface area contributed by atoms with Crippen LogP contribution in [0.1, 0.15) is 25.7 Å². The van der Waals surface area contributed by atoms with Gasteiger partial charge in [0.2, 0.25) is 0 Å². The van der Waals surface area contributed by atoms with Gasteiger partial charge in [-0.15, -0.1) is 0 Å². The zero-order valence-electron chi connectivity index (χ0n) is 8.48. The van der Waals surface area contributed by atoms with E-state index in [1.807, 2.05) is 0 Å². The van der Waals surface area contributed by atoms with Crippen LogP contribution in [0.2, 0.25) is 0 Å². The van der Waals surface area contributed by atoms with Gasteiger partial charge < -0.3 is 14.7 Å². The second-order valence-corrected chi connectivity index (χ2v) is 4.20. The predicted molar refractivity (Wildman–Crippen MR) is 50.9 cm³/mol. The normalized spacial score (nSPS) is 29.0. The summed E-state index contributed by atoms with van der Waals surface area (Å²) in [6.07, 6.45) is 3.69. The number of carbonyl (C=O) groups is 1. The number of hydrogen-bond donors (Lipinski definition) is 1. The first-order valence-electron chi connectivity index (χ1n) is 5.26. The van der Waals surface area contributed by atoms with Gasteiger partial charge in [0, 0.05) is 6.54 Å². The molecule has 2 rings (SSSR count). The van der Waals surface area contributed by atoms with Gasteiger partial charge in [0.25, 0.3) is 0 Å². The number of carbonyl (C=O) groups excluding carboxylic acids is 1. The van der Waals surface area contributed by atoms with Gasteiger partial charge >= 0.3 is 6.09 Å². The molecule has 0 aromatic carbocycles. The molecule has 2 aliphatic rings. The first-order chi connectivity index (χ1) is 6.74. The van der Waals surface area contributed by atoms with Crippen molar-refractivity contribution in [3.05, 3.63) is 0 Å². The Morgan fingerprint density at radius 3 is 2.57 bits per heavy atom. The molecule has 1 aliphatic carbocycles. The molecule has 4 nitrogen and oxygen atoms in total. The minimum absolute atomic E-state index is 0.00718. The first kappa shape index (κ1) is 9.77. The highest BCUT2D eigenvalue weighted by Gasteiger charge is 2.42. The van der Waals surface area contributed by atoms with Crippen LogP contribution in [0.4, 0.5) is 4.79 Å². The molecule has 2 fully saturated rings. The second kappa shape index (κ2) is 3.77. The molecule has 14 heavy (non-hydrogen) atoms. The summed E-state index contributed by atoms with van der Waals surface area (Å²) in [6.45, 7) is 0.723. The SMILES string of the molecule is COC(=O)N1CCC1C(O)C1CCC1. The third-order valence-corrected chi connectivity index (χ3v) is 3.50. The van der Waals surface area contributed by atoms with Gasteiger partial charge in [-0.2, -0.15) is 0 Å². The monoisotopic (exact) mass is 199 g/mol. The maximum absolute atomic E-state index is 11.2. The van der Waals surface area contributed by atoms with E-state index in [0.29, 0.717) is 5.92 Å². The van der Waals surface area contributed by atoms with Gasteiger partial charge in [0.1, 0.15) is 0 Å². The molecule has 2 atom stereocenters. The highest BCUT2D eigenvalue weighted by molar-refractivity contribution is 5.69. The van der Waals surface area contributed by atoms with E-state index in [-0.39, 0.29) is 18.2 Å². The van der Waals surface area contributed by atoms with Crippen molar-refractivity contribution in [1.82, 2.24) is 4.90 Å². The number of methoxy groups -OCH3 is 1. The van der Waals surface area contributed by atoms with Crippen LogP contribution in [0.3, 0.4) is 0 Å². The molecule has 0 aromatic rings. The zero-order chi connectivity index (χ0) is 10.1. The summed E-state index contributed by atoms with van der Waals surface area (Å²) in [7, 11) is 1.38. The van der Waals surface area contributed by atoms with Crippen molar-refractivity contribution in [3.63, 3.8) is 0 Å². The molecule has 1 saturated heterocycles. The van der Waals surface area contributed by atoms with E-state index in [4.69, 9.17) is 0 Å². The van der Waals surface area contributed by atoms with Crippen LogP contribution in [0.25, 0.3) is 0 Å². The van der Waals surface area contributed by atoms with Crippen LogP contribution in [0.15, 0.2) is 0 Å². The highest BCUT2D eigenvalue weighted by Crippen LogP contribution is 2.35. The Morgan fingerprint density at radius 1 is 1.50 bits per heavy atom. The molecule has 0 spiro atoms. The summed E-state index contributed by atoms with van der Waals surface area (Å²) in [5.41, 5.74) is 0. The molecule has 1 saturated carbocycles. The van der Waals surface area contributed by atoms with Gasteiger partial charge in [0.05, 0.1) is 19.3 Å². The Morgan fingerprint density at radius 2 is 2.21 bits per heavy atom. The maximum atomic E-state index is 11.2. The number of rotatable bonds is 2. The number of amides is 1. The Bertz CT molecular complexity index is 227. The van der Waals surface area contributed by atoms with E-state index in [1.165, 1.54) is 13.5 Å². The number of hydrogen-bond acceptors (Lipinski definition) is 3. The molecule has 2 unspecified atom stereocenters. The van der Waals surface area contributed by atoms with E-state index in [2.05, 4.69) is 4.74 Å². The number of aliphatic hydroxyl groups excluding tert-OH is 1. The Balaban J connectivity index is 1.88. The predicted octanol–water partition coefficient (Wildman–Crippen LogP) is 0.988. The van der Waals surface area contributed by atoms with Gasteiger partial charge in [-0.1, -0.05) is 6.42 Å². The minimum atomic E-state index is -0.336.